The van der Waals surface area contributed by atoms with E-state index in [4.69, 9.17) is 4.74 Å². The lowest BCUT2D eigenvalue weighted by Gasteiger charge is -2.31. The van der Waals surface area contributed by atoms with Crippen LogP contribution in [0.4, 0.5) is 19.0 Å². The number of hydrogen-bond acceptors (Lipinski definition) is 4. The molecule has 0 saturated carbocycles. The quantitative estimate of drug-likeness (QED) is 0.815. The molecular formula is C21H25F3N4O2. The average Bonchev–Trinajstić information content (AvgIpc) is 3.34. The number of nitrogens with one attached hydrogen (secondary N) is 1. The zero-order valence-electron chi connectivity index (χ0n) is 16.9. The minimum Gasteiger partial charge on any atom is -0.497 e. The summed E-state index contributed by atoms with van der Waals surface area (Å²) in [6, 6.07) is 7.16. The van der Waals surface area contributed by atoms with E-state index in [9.17, 15) is 18.0 Å². The number of carbonyl (C=O) groups is 1. The molecule has 3 atom stereocenters. The number of fused-ring (bicyclic) bond motifs is 1. The van der Waals surface area contributed by atoms with Gasteiger partial charge >= 0.3 is 6.18 Å². The minimum atomic E-state index is -4.34. The van der Waals surface area contributed by atoms with Crippen LogP contribution in [-0.2, 0) is 11.2 Å². The van der Waals surface area contributed by atoms with Gasteiger partial charge in [-0.1, -0.05) is 12.1 Å². The summed E-state index contributed by atoms with van der Waals surface area (Å²) in [6.45, 7) is 2.79. The fourth-order valence-corrected chi connectivity index (χ4v) is 4.23. The zero-order chi connectivity index (χ0) is 21.5. The Hall–Kier alpha value is -2.71. The lowest BCUT2D eigenvalue weighted by atomic mass is 10.0. The first kappa shape index (κ1) is 20.6. The van der Waals surface area contributed by atoms with Gasteiger partial charge in [0.25, 0.3) is 0 Å². The van der Waals surface area contributed by atoms with Crippen LogP contribution in [0.25, 0.3) is 0 Å². The van der Waals surface area contributed by atoms with Crippen molar-refractivity contribution in [3.8, 4) is 5.75 Å². The fraction of sp³-hybridized carbons (Fsp3) is 0.524. The third kappa shape index (κ3) is 4.11. The number of aromatic nitrogens is 2. The van der Waals surface area contributed by atoms with E-state index in [0.29, 0.717) is 31.0 Å². The number of hydrogen-bond donors (Lipinski definition) is 1. The van der Waals surface area contributed by atoms with E-state index in [1.54, 1.807) is 25.0 Å². The van der Waals surface area contributed by atoms with Crippen molar-refractivity contribution in [3.63, 3.8) is 0 Å². The molecule has 1 aromatic heterocycles. The number of ether oxygens (including phenoxy) is 1. The number of methoxy groups -OCH3 is 1. The minimum absolute atomic E-state index is 0.00607. The van der Waals surface area contributed by atoms with E-state index in [1.807, 2.05) is 24.3 Å². The first-order valence-corrected chi connectivity index (χ1v) is 10.1. The highest BCUT2D eigenvalue weighted by atomic mass is 19.4. The van der Waals surface area contributed by atoms with E-state index >= 15 is 0 Å². The van der Waals surface area contributed by atoms with Gasteiger partial charge in [0.05, 0.1) is 19.2 Å². The lowest BCUT2D eigenvalue weighted by Crippen LogP contribution is -2.37. The summed E-state index contributed by atoms with van der Waals surface area (Å²) in [5.74, 6) is 1.07. The van der Waals surface area contributed by atoms with Crippen LogP contribution in [0.2, 0.25) is 0 Å². The number of likely N-dealkylation sites (tertiary alicyclic amines) is 1. The number of anilines is 1. The number of halogens is 3. The normalized spacial score (nSPS) is 23.8. The van der Waals surface area contributed by atoms with Gasteiger partial charge in [-0.3, -0.25) is 4.79 Å². The SMILES string of the molecule is COc1ccc(CC(=O)N2CC[C@@H](c3cc4n(n3)[C@@H](C(F)(F)F)C[C@@H](C)N4)C2)cc1. The first-order valence-electron chi connectivity index (χ1n) is 10.1. The van der Waals surface area contributed by atoms with E-state index in [2.05, 4.69) is 10.4 Å². The second-order valence-corrected chi connectivity index (χ2v) is 8.09. The maximum atomic E-state index is 13.5. The van der Waals surface area contributed by atoms with Gasteiger partial charge in [0, 0.05) is 31.1 Å². The smallest absolute Gasteiger partial charge is 0.410 e. The third-order valence-corrected chi connectivity index (χ3v) is 5.87. The number of carbonyl (C=O) groups excluding carboxylic acids is 1. The monoisotopic (exact) mass is 422 g/mol. The molecule has 0 spiro atoms. The van der Waals surface area contributed by atoms with Crippen molar-refractivity contribution in [3.05, 3.63) is 41.6 Å². The molecule has 1 fully saturated rings. The number of alkyl halides is 3. The number of benzene rings is 1. The highest BCUT2D eigenvalue weighted by Crippen LogP contribution is 2.40. The number of amides is 1. The molecule has 30 heavy (non-hydrogen) atoms. The third-order valence-electron chi connectivity index (χ3n) is 5.87. The lowest BCUT2D eigenvalue weighted by molar-refractivity contribution is -0.173. The van der Waals surface area contributed by atoms with E-state index in [0.717, 1.165) is 16.0 Å². The molecule has 4 rings (SSSR count). The molecule has 0 radical (unpaired) electrons. The molecule has 2 aromatic rings. The van der Waals surface area contributed by atoms with E-state index in [1.165, 1.54) is 0 Å². The maximum absolute atomic E-state index is 13.5. The molecule has 2 aliphatic rings. The van der Waals surface area contributed by atoms with Crippen LogP contribution >= 0.6 is 0 Å². The summed E-state index contributed by atoms with van der Waals surface area (Å²) >= 11 is 0. The Morgan fingerprint density at radius 1 is 1.30 bits per heavy atom. The summed E-state index contributed by atoms with van der Waals surface area (Å²) in [5, 5.41) is 7.39. The largest absolute Gasteiger partial charge is 0.497 e. The summed E-state index contributed by atoms with van der Waals surface area (Å²) in [4.78, 5) is 14.4. The van der Waals surface area contributed by atoms with Gasteiger partial charge in [-0.2, -0.15) is 18.3 Å². The van der Waals surface area contributed by atoms with E-state index in [-0.39, 0.29) is 30.7 Å². The van der Waals surface area contributed by atoms with Gasteiger partial charge in [0.1, 0.15) is 11.6 Å². The molecule has 0 aliphatic carbocycles. The van der Waals surface area contributed by atoms with Crippen molar-refractivity contribution < 1.29 is 22.7 Å². The second-order valence-electron chi connectivity index (χ2n) is 8.09. The van der Waals surface area contributed by atoms with Crippen LogP contribution in [0.5, 0.6) is 5.75 Å². The zero-order valence-corrected chi connectivity index (χ0v) is 16.9. The molecule has 0 unspecified atom stereocenters. The molecule has 162 valence electrons. The van der Waals surface area contributed by atoms with Crippen LogP contribution < -0.4 is 10.1 Å². The van der Waals surface area contributed by atoms with Crippen molar-refractivity contribution in [2.75, 3.05) is 25.5 Å². The predicted molar refractivity (Wildman–Crippen MR) is 106 cm³/mol. The fourth-order valence-electron chi connectivity index (χ4n) is 4.23. The van der Waals surface area contributed by atoms with Gasteiger partial charge in [0.15, 0.2) is 6.04 Å². The summed E-state index contributed by atoms with van der Waals surface area (Å²) in [7, 11) is 1.59. The van der Waals surface area contributed by atoms with Crippen LogP contribution in [0.3, 0.4) is 0 Å². The first-order chi connectivity index (χ1) is 14.2. The van der Waals surface area contributed by atoms with Gasteiger partial charge in [0.2, 0.25) is 5.91 Å². The Morgan fingerprint density at radius 2 is 2.03 bits per heavy atom. The highest BCUT2D eigenvalue weighted by molar-refractivity contribution is 5.79. The Bertz CT molecular complexity index is 910. The molecule has 1 N–H and O–H groups in total. The van der Waals surface area contributed by atoms with Crippen LogP contribution in [0.1, 0.15) is 43.0 Å². The summed E-state index contributed by atoms with van der Waals surface area (Å²) in [5.41, 5.74) is 1.51. The molecule has 2 aliphatic heterocycles. The molecule has 1 amide bonds. The molecule has 0 bridgehead atoms. The topological polar surface area (TPSA) is 59.4 Å². The van der Waals surface area contributed by atoms with Crippen molar-refractivity contribution in [2.24, 2.45) is 0 Å². The van der Waals surface area contributed by atoms with Crippen LogP contribution in [0.15, 0.2) is 30.3 Å². The maximum Gasteiger partial charge on any atom is 0.410 e. The summed E-state index contributed by atoms with van der Waals surface area (Å²) < 4.78 is 46.6. The molecule has 9 heteroatoms. The van der Waals surface area contributed by atoms with Gasteiger partial charge in [-0.15, -0.1) is 0 Å². The van der Waals surface area contributed by atoms with Crippen molar-refractivity contribution in [1.82, 2.24) is 14.7 Å². The second kappa shape index (κ2) is 7.85. The summed E-state index contributed by atoms with van der Waals surface area (Å²) in [6.07, 6.45) is -3.41. The van der Waals surface area contributed by atoms with Crippen molar-refractivity contribution >= 4 is 11.7 Å². The average molecular weight is 422 g/mol. The van der Waals surface area contributed by atoms with Gasteiger partial charge < -0.3 is 15.0 Å². The molecule has 1 saturated heterocycles. The molecule has 3 heterocycles. The predicted octanol–water partition coefficient (Wildman–Crippen LogP) is 3.76. The Morgan fingerprint density at radius 3 is 2.70 bits per heavy atom. The Kier molecular flexibility index (Phi) is 5.38. The van der Waals surface area contributed by atoms with Gasteiger partial charge in [-0.05, 0) is 37.5 Å². The Labute approximate surface area is 173 Å². The molecular weight excluding hydrogens is 397 g/mol. The van der Waals surface area contributed by atoms with Crippen molar-refractivity contribution in [2.45, 2.75) is 50.4 Å². The molecule has 6 nitrogen and oxygen atoms in total. The number of rotatable bonds is 4. The van der Waals surface area contributed by atoms with Crippen LogP contribution in [-0.4, -0.2) is 53.0 Å². The van der Waals surface area contributed by atoms with Crippen LogP contribution in [0, 0.1) is 0 Å². The van der Waals surface area contributed by atoms with E-state index < -0.39 is 12.2 Å². The molecule has 1 aromatic carbocycles. The van der Waals surface area contributed by atoms with Crippen molar-refractivity contribution in [1.29, 1.82) is 0 Å². The number of nitrogens with zero attached hydrogens (tertiary/aromatic N) is 3. The highest BCUT2D eigenvalue weighted by Gasteiger charge is 2.46. The standard InChI is InChI=1S/C21H25F3N4O2/c1-13-9-18(21(22,23)24)28-19(25-13)11-17(26-28)15-7-8-27(12-15)20(29)10-14-3-5-16(30-2)6-4-14/h3-6,11,13,15,18,25H,7-10,12H2,1-2H3/t13-,15-,18-/m1/s1. The van der Waals surface area contributed by atoms with Gasteiger partial charge in [-0.25, -0.2) is 4.68 Å². The Balaban J connectivity index is 1.44.